The molecule has 0 fully saturated rings. The van der Waals surface area contributed by atoms with Crippen LogP contribution < -0.4 is 5.32 Å². The van der Waals surface area contributed by atoms with Gasteiger partial charge < -0.3 is 10.1 Å². The van der Waals surface area contributed by atoms with Crippen LogP contribution in [0.4, 0.5) is 5.69 Å². The molecule has 25 heavy (non-hydrogen) atoms. The van der Waals surface area contributed by atoms with Crippen LogP contribution in [0.3, 0.4) is 0 Å². The summed E-state index contributed by atoms with van der Waals surface area (Å²) in [6, 6.07) is 7.85. The van der Waals surface area contributed by atoms with Gasteiger partial charge in [-0.15, -0.1) is 11.3 Å². The molecule has 0 aliphatic rings. The number of amides is 1. The molecule has 2 aromatic rings. The van der Waals surface area contributed by atoms with Gasteiger partial charge in [0.05, 0.1) is 21.2 Å². The number of Topliss-reactive ketones (excluding diaryl/α,β-unsaturated/α-hetero) is 1. The minimum Gasteiger partial charge on any atom is -0.454 e. The van der Waals surface area contributed by atoms with E-state index in [-0.39, 0.29) is 23.9 Å². The number of thiophene rings is 1. The van der Waals surface area contributed by atoms with Crippen LogP contribution in [-0.2, 0) is 9.53 Å². The van der Waals surface area contributed by atoms with E-state index in [2.05, 4.69) is 5.32 Å². The van der Waals surface area contributed by atoms with Crippen LogP contribution in [0, 0.1) is 5.41 Å². The van der Waals surface area contributed by atoms with Crippen LogP contribution in [0.25, 0.3) is 0 Å². The van der Waals surface area contributed by atoms with Crippen molar-refractivity contribution in [1.29, 1.82) is 0 Å². The first-order valence-electron chi connectivity index (χ1n) is 7.53. The number of ether oxygens (including phenoxy) is 1. The number of nitrogens with one attached hydrogen (secondary N) is 1. The van der Waals surface area contributed by atoms with E-state index in [9.17, 15) is 14.4 Å². The summed E-state index contributed by atoms with van der Waals surface area (Å²) in [4.78, 5) is 36.6. The van der Waals surface area contributed by atoms with Crippen molar-refractivity contribution >= 4 is 46.3 Å². The van der Waals surface area contributed by atoms with Crippen LogP contribution >= 0.6 is 22.9 Å². The Labute approximate surface area is 154 Å². The van der Waals surface area contributed by atoms with Gasteiger partial charge in [0.15, 0.2) is 12.4 Å². The average Bonchev–Trinajstić information content (AvgIpc) is 3.07. The van der Waals surface area contributed by atoms with E-state index < -0.39 is 11.4 Å². The number of carbonyl (C=O) groups excluding carboxylic acids is 3. The van der Waals surface area contributed by atoms with Crippen molar-refractivity contribution in [3.05, 3.63) is 51.2 Å². The van der Waals surface area contributed by atoms with E-state index in [1.165, 1.54) is 29.5 Å². The molecule has 5 nitrogen and oxygen atoms in total. The molecule has 1 aromatic heterocycles. The highest BCUT2D eigenvalue weighted by atomic mass is 35.5. The lowest BCUT2D eigenvalue weighted by atomic mass is 9.91. The predicted octanol–water partition coefficient (Wildman–Crippen LogP) is 4.43. The summed E-state index contributed by atoms with van der Waals surface area (Å²) in [5, 5.41) is 4.75. The third-order valence-electron chi connectivity index (χ3n) is 3.37. The Balaban J connectivity index is 2.08. The van der Waals surface area contributed by atoms with Gasteiger partial charge in [0.25, 0.3) is 5.91 Å². The molecule has 7 heteroatoms. The number of carbonyl (C=O) groups is 3. The zero-order valence-corrected chi connectivity index (χ0v) is 15.7. The van der Waals surface area contributed by atoms with Crippen LogP contribution in [-0.4, -0.2) is 24.3 Å². The molecule has 0 aliphatic carbocycles. The maximum absolute atomic E-state index is 12.1. The van der Waals surface area contributed by atoms with Gasteiger partial charge in [-0.05, 0) is 29.6 Å². The second-order valence-corrected chi connectivity index (χ2v) is 7.73. The fourth-order valence-electron chi connectivity index (χ4n) is 1.77. The molecule has 0 unspecified atom stereocenters. The number of halogens is 1. The summed E-state index contributed by atoms with van der Waals surface area (Å²) in [5.74, 6) is -1.15. The first kappa shape index (κ1) is 19.1. The van der Waals surface area contributed by atoms with Crippen molar-refractivity contribution in [2.45, 2.75) is 20.8 Å². The largest absolute Gasteiger partial charge is 0.454 e. The van der Waals surface area contributed by atoms with E-state index in [1.54, 1.807) is 38.3 Å². The minimum atomic E-state index is -0.652. The molecule has 1 heterocycles. The third kappa shape index (κ3) is 5.14. The van der Waals surface area contributed by atoms with Gasteiger partial charge in [-0.2, -0.15) is 0 Å². The predicted molar refractivity (Wildman–Crippen MR) is 98.5 cm³/mol. The Morgan fingerprint density at radius 3 is 2.52 bits per heavy atom. The number of hydrogen-bond donors (Lipinski definition) is 1. The zero-order chi connectivity index (χ0) is 18.6. The number of ketones is 1. The Morgan fingerprint density at radius 1 is 1.20 bits per heavy atom. The molecule has 1 N–H and O–H groups in total. The summed E-state index contributed by atoms with van der Waals surface area (Å²) >= 11 is 7.37. The first-order valence-corrected chi connectivity index (χ1v) is 8.79. The summed E-state index contributed by atoms with van der Waals surface area (Å²) < 4.78 is 5.05. The molecule has 0 radical (unpaired) electrons. The second kappa shape index (κ2) is 7.80. The molecule has 0 saturated heterocycles. The molecule has 1 aromatic carbocycles. The van der Waals surface area contributed by atoms with Crippen LogP contribution in [0.1, 0.15) is 40.8 Å². The molecule has 132 valence electrons. The summed E-state index contributed by atoms with van der Waals surface area (Å²) in [6.45, 7) is 4.96. The smallest absolute Gasteiger partial charge is 0.338 e. The maximum Gasteiger partial charge on any atom is 0.338 e. The summed E-state index contributed by atoms with van der Waals surface area (Å²) in [7, 11) is 0. The molecule has 0 atom stereocenters. The molecule has 0 saturated carbocycles. The minimum absolute atomic E-state index is 0.180. The van der Waals surface area contributed by atoms with Crippen molar-refractivity contribution in [3.8, 4) is 0 Å². The summed E-state index contributed by atoms with van der Waals surface area (Å²) in [6.07, 6.45) is 0. The number of benzene rings is 1. The second-order valence-electron chi connectivity index (χ2n) is 6.38. The molecular formula is C18H18ClNO4S. The first-order chi connectivity index (χ1) is 11.7. The third-order valence-corrected chi connectivity index (χ3v) is 4.56. The van der Waals surface area contributed by atoms with Crippen molar-refractivity contribution < 1.29 is 19.1 Å². The van der Waals surface area contributed by atoms with Crippen LogP contribution in [0.15, 0.2) is 35.7 Å². The summed E-state index contributed by atoms with van der Waals surface area (Å²) in [5.41, 5.74) is -0.0793. The molecule has 0 aliphatic heterocycles. The Kier molecular flexibility index (Phi) is 5.98. The lowest BCUT2D eigenvalue weighted by Crippen LogP contribution is -2.26. The molecule has 2 rings (SSSR count). The quantitative estimate of drug-likeness (QED) is 0.780. The SMILES string of the molecule is CC(C)(C)C(=O)COC(=O)c1ccc(Cl)c(NC(=O)c2cccs2)c1. The maximum atomic E-state index is 12.1. The van der Waals surface area contributed by atoms with E-state index in [0.29, 0.717) is 15.6 Å². The average molecular weight is 380 g/mol. The topological polar surface area (TPSA) is 72.5 Å². The van der Waals surface area contributed by atoms with Crippen molar-refractivity contribution in [1.82, 2.24) is 0 Å². The number of anilines is 1. The van der Waals surface area contributed by atoms with Crippen molar-refractivity contribution in [3.63, 3.8) is 0 Å². The molecular weight excluding hydrogens is 362 g/mol. The van der Waals surface area contributed by atoms with Gasteiger partial charge in [0.1, 0.15) is 0 Å². The monoisotopic (exact) mass is 379 g/mol. The lowest BCUT2D eigenvalue weighted by molar-refractivity contribution is -0.129. The van der Waals surface area contributed by atoms with Gasteiger partial charge in [0, 0.05) is 5.41 Å². The van der Waals surface area contributed by atoms with Crippen molar-refractivity contribution in [2.75, 3.05) is 11.9 Å². The Bertz CT molecular complexity index is 794. The molecule has 0 spiro atoms. The molecule has 0 bridgehead atoms. The van der Waals surface area contributed by atoms with E-state index in [0.717, 1.165) is 0 Å². The zero-order valence-electron chi connectivity index (χ0n) is 14.1. The van der Waals surface area contributed by atoms with Gasteiger partial charge >= 0.3 is 5.97 Å². The lowest BCUT2D eigenvalue weighted by Gasteiger charge is -2.16. The Morgan fingerprint density at radius 2 is 1.92 bits per heavy atom. The van der Waals surface area contributed by atoms with E-state index in [1.807, 2.05) is 0 Å². The van der Waals surface area contributed by atoms with Gasteiger partial charge in [-0.1, -0.05) is 38.4 Å². The number of hydrogen-bond acceptors (Lipinski definition) is 5. The highest BCUT2D eigenvalue weighted by molar-refractivity contribution is 7.12. The van der Waals surface area contributed by atoms with Gasteiger partial charge in [-0.25, -0.2) is 4.79 Å². The van der Waals surface area contributed by atoms with Crippen molar-refractivity contribution in [2.24, 2.45) is 5.41 Å². The highest BCUT2D eigenvalue weighted by Gasteiger charge is 2.23. The van der Waals surface area contributed by atoms with Gasteiger partial charge in [-0.3, -0.25) is 9.59 Å². The number of rotatable bonds is 5. The fourth-order valence-corrected chi connectivity index (χ4v) is 2.55. The van der Waals surface area contributed by atoms with E-state index >= 15 is 0 Å². The molecule has 1 amide bonds. The Hall–Kier alpha value is -2.18. The normalized spacial score (nSPS) is 11.0. The number of esters is 1. The fraction of sp³-hybridized carbons (Fsp3) is 0.278. The highest BCUT2D eigenvalue weighted by Crippen LogP contribution is 2.25. The van der Waals surface area contributed by atoms with Crippen LogP contribution in [0.5, 0.6) is 0 Å². The standard InChI is InChI=1S/C18H18ClNO4S/c1-18(2,3)15(21)10-24-17(23)11-6-7-12(19)13(9-11)20-16(22)14-5-4-8-25-14/h4-9H,10H2,1-3H3,(H,20,22). The van der Waals surface area contributed by atoms with Crippen LogP contribution in [0.2, 0.25) is 5.02 Å². The van der Waals surface area contributed by atoms with E-state index in [4.69, 9.17) is 16.3 Å². The van der Waals surface area contributed by atoms with Gasteiger partial charge in [0.2, 0.25) is 0 Å².